The van der Waals surface area contributed by atoms with Gasteiger partial charge in [0.2, 0.25) is 0 Å². The molecule has 2 aromatic heterocycles. The SMILES string of the molecule is CNc1nc(-c2cn(SI)c3c(F)cc(F)cc23)ncc1F.COC(=O)C1CC2CCC1C2. The average Bonchev–Trinajstić information content (AvgIpc) is 3.53. The molecule has 3 atom stereocenters. The van der Waals surface area contributed by atoms with E-state index in [2.05, 4.69) is 15.3 Å². The number of carbonyl (C=O) groups is 1. The number of methoxy groups -OCH3 is 1. The number of hydrogen-bond donors (Lipinski definition) is 1. The predicted molar refractivity (Wildman–Crippen MR) is 130 cm³/mol. The standard InChI is InChI=1S/C13H8F3IN4S.C9H14O2/c1-18-13-10(16)4-19-12(20-13)8-5-21(22-17)11-7(8)2-6(14)3-9(11)15;1-11-9(10)8-5-6-2-3-7(8)4-6/h2-5H,1H3,(H,18,19,20);6-8H,2-5H2,1H3. The maximum absolute atomic E-state index is 14.0. The van der Waals surface area contributed by atoms with Crippen molar-refractivity contribution in [3.63, 3.8) is 0 Å². The van der Waals surface area contributed by atoms with Gasteiger partial charge in [0.1, 0.15) is 5.82 Å². The van der Waals surface area contributed by atoms with Crippen molar-refractivity contribution in [1.82, 2.24) is 13.9 Å². The quantitative estimate of drug-likeness (QED) is 0.297. The lowest BCUT2D eigenvalue weighted by molar-refractivity contribution is -0.147. The Hall–Kier alpha value is -2.02. The van der Waals surface area contributed by atoms with E-state index in [1.165, 1.54) is 48.6 Å². The number of anilines is 1. The van der Waals surface area contributed by atoms with Crippen LogP contribution < -0.4 is 5.32 Å². The summed E-state index contributed by atoms with van der Waals surface area (Å²) < 4.78 is 47.4. The van der Waals surface area contributed by atoms with Gasteiger partial charge in [0.25, 0.3) is 0 Å². The van der Waals surface area contributed by atoms with Crippen molar-refractivity contribution in [2.75, 3.05) is 19.5 Å². The van der Waals surface area contributed by atoms with Crippen LogP contribution in [0.25, 0.3) is 22.3 Å². The van der Waals surface area contributed by atoms with E-state index < -0.39 is 17.5 Å². The summed E-state index contributed by atoms with van der Waals surface area (Å²) in [7, 11) is 4.25. The summed E-state index contributed by atoms with van der Waals surface area (Å²) in [6.45, 7) is 0. The van der Waals surface area contributed by atoms with Crippen molar-refractivity contribution < 1.29 is 22.7 Å². The second-order valence-corrected chi connectivity index (χ2v) is 9.88. The van der Waals surface area contributed by atoms with E-state index in [1.54, 1.807) is 10.2 Å². The molecule has 2 aliphatic carbocycles. The smallest absolute Gasteiger partial charge is 0.308 e. The van der Waals surface area contributed by atoms with Crippen LogP contribution in [0.2, 0.25) is 0 Å². The number of aromatic nitrogens is 3. The number of esters is 1. The molecule has 2 fully saturated rings. The van der Waals surface area contributed by atoms with Crippen molar-refractivity contribution in [2.45, 2.75) is 25.7 Å². The number of hydrogen-bond acceptors (Lipinski definition) is 6. The highest BCUT2D eigenvalue weighted by atomic mass is 127. The maximum Gasteiger partial charge on any atom is 0.308 e. The summed E-state index contributed by atoms with van der Waals surface area (Å²) in [6, 6.07) is 2.03. The molecular weight excluding hydrogens is 568 g/mol. The van der Waals surface area contributed by atoms with Crippen molar-refractivity contribution in [3.05, 3.63) is 42.0 Å². The third-order valence-electron chi connectivity index (χ3n) is 6.32. The van der Waals surface area contributed by atoms with Gasteiger partial charge >= 0.3 is 5.97 Å². The number of benzene rings is 1. The van der Waals surface area contributed by atoms with Crippen LogP contribution in [0.15, 0.2) is 24.5 Å². The summed E-state index contributed by atoms with van der Waals surface area (Å²) in [5.74, 6) is -0.00209. The number of nitrogens with zero attached hydrogens (tertiary/aromatic N) is 3. The molecular formula is C22H22F3IN4O2S. The second-order valence-electron chi connectivity index (χ2n) is 8.17. The van der Waals surface area contributed by atoms with Crippen molar-refractivity contribution >= 4 is 53.0 Å². The molecule has 33 heavy (non-hydrogen) atoms. The Morgan fingerprint density at radius 1 is 1.24 bits per heavy atom. The Morgan fingerprint density at radius 3 is 2.64 bits per heavy atom. The number of nitrogens with one attached hydrogen (secondary N) is 1. The van der Waals surface area contributed by atoms with E-state index in [-0.39, 0.29) is 29.0 Å². The molecule has 2 aliphatic rings. The van der Waals surface area contributed by atoms with E-state index in [0.717, 1.165) is 24.6 Å². The van der Waals surface area contributed by atoms with Crippen molar-refractivity contribution in [2.24, 2.45) is 17.8 Å². The molecule has 1 aromatic carbocycles. The first-order chi connectivity index (χ1) is 15.9. The van der Waals surface area contributed by atoms with Crippen molar-refractivity contribution in [1.29, 1.82) is 0 Å². The minimum absolute atomic E-state index is 0.0184. The van der Waals surface area contributed by atoms with Gasteiger partial charge in [0.15, 0.2) is 23.3 Å². The maximum atomic E-state index is 14.0. The minimum Gasteiger partial charge on any atom is -0.469 e. The van der Waals surface area contributed by atoms with Crippen molar-refractivity contribution in [3.8, 4) is 11.4 Å². The molecule has 0 amide bonds. The molecule has 0 aliphatic heterocycles. The van der Waals surface area contributed by atoms with Gasteiger partial charge in [0.05, 0.1) is 24.7 Å². The fraction of sp³-hybridized carbons (Fsp3) is 0.409. The van der Waals surface area contributed by atoms with Gasteiger partial charge in [-0.15, -0.1) is 0 Å². The van der Waals surface area contributed by atoms with Crippen LogP contribution in [0.3, 0.4) is 0 Å². The van der Waals surface area contributed by atoms with Gasteiger partial charge in [-0.3, -0.25) is 8.77 Å². The molecule has 176 valence electrons. The molecule has 2 bridgehead atoms. The van der Waals surface area contributed by atoms with Crippen LogP contribution in [0.1, 0.15) is 25.7 Å². The first-order valence-corrected chi connectivity index (χ1v) is 13.8. The lowest BCUT2D eigenvalue weighted by Gasteiger charge is -2.18. The highest BCUT2D eigenvalue weighted by Gasteiger charge is 2.43. The Morgan fingerprint density at radius 2 is 2.03 bits per heavy atom. The second kappa shape index (κ2) is 10.1. The number of ether oxygens (including phenoxy) is 1. The topological polar surface area (TPSA) is 69.0 Å². The fourth-order valence-electron chi connectivity index (χ4n) is 4.84. The van der Waals surface area contributed by atoms with Gasteiger partial charge in [-0.1, -0.05) is 6.42 Å². The van der Waals surface area contributed by atoms with E-state index in [1.807, 2.05) is 21.2 Å². The lowest BCUT2D eigenvalue weighted by atomic mass is 9.89. The van der Waals surface area contributed by atoms with Crippen LogP contribution in [0.5, 0.6) is 0 Å². The fourth-order valence-corrected chi connectivity index (χ4v) is 6.17. The van der Waals surface area contributed by atoms with E-state index in [0.29, 0.717) is 16.9 Å². The third kappa shape index (κ3) is 4.79. The molecule has 11 heteroatoms. The zero-order valence-electron chi connectivity index (χ0n) is 17.9. The average molecular weight is 590 g/mol. The first kappa shape index (κ1) is 24.1. The Kier molecular flexibility index (Phi) is 7.37. The van der Waals surface area contributed by atoms with Gasteiger partial charge in [0, 0.05) is 60.6 Å². The first-order valence-electron chi connectivity index (χ1n) is 10.4. The molecule has 2 saturated carbocycles. The molecule has 3 unspecified atom stereocenters. The summed E-state index contributed by atoms with van der Waals surface area (Å²) >= 11 is 1.98. The molecule has 0 saturated heterocycles. The van der Waals surface area contributed by atoms with Gasteiger partial charge in [-0.25, -0.2) is 23.1 Å². The largest absolute Gasteiger partial charge is 0.469 e. The van der Waals surface area contributed by atoms with Crippen LogP contribution in [-0.4, -0.2) is 34.1 Å². The summed E-state index contributed by atoms with van der Waals surface area (Å²) in [5.41, 5.74) is 0.656. The number of rotatable bonds is 4. The zero-order valence-corrected chi connectivity index (χ0v) is 20.9. The lowest BCUT2D eigenvalue weighted by Crippen LogP contribution is -2.21. The molecule has 3 aromatic rings. The predicted octanol–water partition coefficient (Wildman–Crippen LogP) is 6.00. The Balaban J connectivity index is 0.000000196. The molecule has 5 rings (SSSR count). The van der Waals surface area contributed by atoms with Gasteiger partial charge in [-0.2, -0.15) is 0 Å². The molecule has 1 N–H and O–H groups in total. The summed E-state index contributed by atoms with van der Waals surface area (Å²) in [5, 5.41) is 2.94. The van der Waals surface area contributed by atoms with Gasteiger partial charge in [-0.05, 0) is 37.2 Å². The van der Waals surface area contributed by atoms with Gasteiger partial charge < -0.3 is 10.1 Å². The summed E-state index contributed by atoms with van der Waals surface area (Å²) in [6.07, 6.45) is 7.58. The number of carbonyl (C=O) groups excluding carboxylic acids is 1. The minimum atomic E-state index is -0.696. The van der Waals surface area contributed by atoms with E-state index >= 15 is 0 Å². The van der Waals surface area contributed by atoms with Crippen LogP contribution >= 0.6 is 30.3 Å². The molecule has 0 spiro atoms. The number of halogens is 4. The highest BCUT2D eigenvalue weighted by molar-refractivity contribution is 14.2. The normalized spacial score (nSPS) is 21.1. The number of fused-ring (bicyclic) bond motifs is 3. The van der Waals surface area contributed by atoms with Crippen LogP contribution in [0.4, 0.5) is 19.0 Å². The molecule has 2 heterocycles. The third-order valence-corrected chi connectivity index (χ3v) is 8.03. The molecule has 6 nitrogen and oxygen atoms in total. The molecule has 0 radical (unpaired) electrons. The Bertz CT molecular complexity index is 1190. The van der Waals surface area contributed by atoms with E-state index in [9.17, 15) is 18.0 Å². The summed E-state index contributed by atoms with van der Waals surface area (Å²) in [4.78, 5) is 19.2. The zero-order chi connectivity index (χ0) is 23.7. The monoisotopic (exact) mass is 590 g/mol. The highest BCUT2D eigenvalue weighted by Crippen LogP contribution is 2.48. The van der Waals surface area contributed by atoms with Crippen LogP contribution in [0, 0.1) is 35.2 Å². The van der Waals surface area contributed by atoms with Crippen LogP contribution in [-0.2, 0) is 9.53 Å². The Labute approximate surface area is 205 Å². The van der Waals surface area contributed by atoms with E-state index in [4.69, 9.17) is 4.74 Å².